The maximum atomic E-state index is 13.2. The van der Waals surface area contributed by atoms with Crippen LogP contribution in [0, 0.1) is 0 Å². The van der Waals surface area contributed by atoms with Gasteiger partial charge in [0, 0.05) is 25.7 Å². The molecule has 5 aromatic rings. The van der Waals surface area contributed by atoms with E-state index in [1.165, 1.54) is 4.57 Å². The van der Waals surface area contributed by atoms with E-state index in [9.17, 15) is 9.59 Å². The average Bonchev–Trinajstić information content (AvgIpc) is 3.57. The summed E-state index contributed by atoms with van der Waals surface area (Å²) in [6.07, 6.45) is 1.43. The molecule has 0 aliphatic carbocycles. The van der Waals surface area contributed by atoms with Crippen molar-refractivity contribution >= 4 is 11.2 Å². The van der Waals surface area contributed by atoms with Crippen LogP contribution >= 0.6 is 0 Å². The average molecular weight is 531 g/mol. The number of hydrogen-bond acceptors (Lipinski definition) is 8. The molecular formula is C28H30N6O5. The minimum atomic E-state index is -0.321. The van der Waals surface area contributed by atoms with E-state index in [0.29, 0.717) is 65.3 Å². The first-order valence-electron chi connectivity index (χ1n) is 12.9. The van der Waals surface area contributed by atoms with Gasteiger partial charge in [-0.25, -0.2) is 9.78 Å². The normalized spacial score (nSPS) is 11.3. The number of rotatable bonds is 10. The lowest BCUT2D eigenvalue weighted by molar-refractivity contribution is 0.287. The smallest absolute Gasteiger partial charge is 0.332 e. The van der Waals surface area contributed by atoms with Gasteiger partial charge in [-0.15, -0.1) is 0 Å². The SMILES string of the molecule is CCCn1c(=O)c2c(nc(-c3ccc(OCc4noc(-c5ccccc5OC)n4)cc3)n2C)n(CCC)c1=O. The molecule has 0 N–H and O–H groups in total. The first-order valence-corrected chi connectivity index (χ1v) is 12.9. The van der Waals surface area contributed by atoms with Crippen LogP contribution in [0.15, 0.2) is 62.6 Å². The third-order valence-corrected chi connectivity index (χ3v) is 6.42. The van der Waals surface area contributed by atoms with Crippen molar-refractivity contribution in [2.75, 3.05) is 7.11 Å². The molecule has 0 aliphatic heterocycles. The number of benzene rings is 2. The Labute approximate surface area is 224 Å². The van der Waals surface area contributed by atoms with E-state index >= 15 is 0 Å². The molecule has 11 nitrogen and oxygen atoms in total. The van der Waals surface area contributed by atoms with Gasteiger partial charge in [0.1, 0.15) is 17.3 Å². The molecule has 0 radical (unpaired) electrons. The van der Waals surface area contributed by atoms with Crippen molar-refractivity contribution < 1.29 is 14.0 Å². The molecule has 5 rings (SSSR count). The molecule has 0 aliphatic rings. The minimum absolute atomic E-state index is 0.116. The molecule has 0 fully saturated rings. The maximum absolute atomic E-state index is 13.2. The van der Waals surface area contributed by atoms with Gasteiger partial charge in [-0.2, -0.15) is 4.98 Å². The number of nitrogens with zero attached hydrogens (tertiary/aromatic N) is 6. The van der Waals surface area contributed by atoms with Crippen LogP contribution in [0.2, 0.25) is 0 Å². The van der Waals surface area contributed by atoms with Crippen molar-refractivity contribution in [3.63, 3.8) is 0 Å². The van der Waals surface area contributed by atoms with E-state index in [2.05, 4.69) is 10.1 Å². The summed E-state index contributed by atoms with van der Waals surface area (Å²) in [5.41, 5.74) is 1.67. The van der Waals surface area contributed by atoms with E-state index in [-0.39, 0.29) is 17.9 Å². The Hall–Kier alpha value is -4.67. The van der Waals surface area contributed by atoms with Crippen LogP contribution in [0.5, 0.6) is 11.5 Å². The Morgan fingerprint density at radius 3 is 2.36 bits per heavy atom. The van der Waals surface area contributed by atoms with Crippen molar-refractivity contribution in [2.45, 2.75) is 46.4 Å². The molecule has 0 saturated heterocycles. The van der Waals surface area contributed by atoms with Crippen LogP contribution < -0.4 is 20.7 Å². The van der Waals surface area contributed by atoms with E-state index in [1.54, 1.807) is 23.3 Å². The Balaban J connectivity index is 1.39. The standard InChI is InChI=1S/C28H30N6O5/c1-5-15-33-25-23(27(35)34(16-6-2)28(33)36)32(3)24(30-25)18-11-13-19(14-12-18)38-17-22-29-26(39-31-22)20-9-7-8-10-21(20)37-4/h7-14H,5-6,15-17H2,1-4H3. The Bertz CT molecular complexity index is 1730. The van der Waals surface area contributed by atoms with Gasteiger partial charge >= 0.3 is 5.69 Å². The van der Waals surface area contributed by atoms with Gasteiger partial charge in [0.05, 0.1) is 12.7 Å². The summed E-state index contributed by atoms with van der Waals surface area (Å²) in [6, 6.07) is 14.7. The molecular weight excluding hydrogens is 500 g/mol. The minimum Gasteiger partial charge on any atom is -0.496 e. The van der Waals surface area contributed by atoms with Crippen LogP contribution in [0.1, 0.15) is 32.5 Å². The molecule has 2 aromatic carbocycles. The van der Waals surface area contributed by atoms with Crippen molar-refractivity contribution in [2.24, 2.45) is 7.05 Å². The Morgan fingerprint density at radius 2 is 1.64 bits per heavy atom. The second-order valence-corrected chi connectivity index (χ2v) is 9.09. The van der Waals surface area contributed by atoms with Crippen molar-refractivity contribution in [1.29, 1.82) is 0 Å². The molecule has 0 bridgehead atoms. The quantitative estimate of drug-likeness (QED) is 0.266. The van der Waals surface area contributed by atoms with E-state index < -0.39 is 0 Å². The van der Waals surface area contributed by atoms with E-state index in [4.69, 9.17) is 19.0 Å². The number of para-hydroxylation sites is 1. The van der Waals surface area contributed by atoms with Crippen LogP contribution in [0.25, 0.3) is 34.0 Å². The molecule has 0 atom stereocenters. The van der Waals surface area contributed by atoms with Gasteiger partial charge in [0.15, 0.2) is 17.8 Å². The number of hydrogen-bond donors (Lipinski definition) is 0. The topological polar surface area (TPSA) is 119 Å². The van der Waals surface area contributed by atoms with Crippen molar-refractivity contribution in [3.05, 3.63) is 75.2 Å². The summed E-state index contributed by atoms with van der Waals surface area (Å²) >= 11 is 0. The van der Waals surface area contributed by atoms with Gasteiger partial charge in [-0.1, -0.05) is 31.1 Å². The lowest BCUT2D eigenvalue weighted by Gasteiger charge is -2.10. The summed E-state index contributed by atoms with van der Waals surface area (Å²) in [5, 5.41) is 4.00. The van der Waals surface area contributed by atoms with E-state index in [1.807, 2.05) is 62.4 Å². The lowest BCUT2D eigenvalue weighted by atomic mass is 10.2. The highest BCUT2D eigenvalue weighted by Crippen LogP contribution is 2.28. The molecule has 3 heterocycles. The number of imidazole rings is 1. The summed E-state index contributed by atoms with van der Waals surface area (Å²) in [7, 11) is 3.38. The molecule has 0 unspecified atom stereocenters. The maximum Gasteiger partial charge on any atom is 0.332 e. The highest BCUT2D eigenvalue weighted by molar-refractivity contribution is 5.77. The third-order valence-electron chi connectivity index (χ3n) is 6.42. The summed E-state index contributed by atoms with van der Waals surface area (Å²) in [5.74, 6) is 2.58. The first-order chi connectivity index (χ1) is 19.0. The lowest BCUT2D eigenvalue weighted by Crippen LogP contribution is -2.40. The second kappa shape index (κ2) is 11.0. The zero-order valence-corrected chi connectivity index (χ0v) is 22.4. The number of aromatic nitrogens is 6. The number of ether oxygens (including phenoxy) is 2. The molecule has 39 heavy (non-hydrogen) atoms. The fourth-order valence-corrected chi connectivity index (χ4v) is 4.56. The Morgan fingerprint density at radius 1 is 0.923 bits per heavy atom. The van der Waals surface area contributed by atoms with Gasteiger partial charge in [-0.05, 0) is 49.2 Å². The predicted octanol–water partition coefficient (Wildman–Crippen LogP) is 4.02. The number of methoxy groups -OCH3 is 1. The fourth-order valence-electron chi connectivity index (χ4n) is 4.56. The fraction of sp³-hybridized carbons (Fsp3) is 0.321. The highest BCUT2D eigenvalue weighted by atomic mass is 16.5. The molecule has 0 spiro atoms. The predicted molar refractivity (Wildman–Crippen MR) is 146 cm³/mol. The summed E-state index contributed by atoms with van der Waals surface area (Å²) in [4.78, 5) is 35.4. The van der Waals surface area contributed by atoms with E-state index in [0.717, 1.165) is 12.0 Å². The zero-order valence-electron chi connectivity index (χ0n) is 22.4. The first kappa shape index (κ1) is 26.0. The molecule has 0 saturated carbocycles. The highest BCUT2D eigenvalue weighted by Gasteiger charge is 2.20. The number of aryl methyl sites for hydroxylation is 2. The van der Waals surface area contributed by atoms with Gasteiger partial charge in [0.25, 0.3) is 11.4 Å². The third kappa shape index (κ3) is 4.83. The van der Waals surface area contributed by atoms with Crippen LogP contribution in [0.4, 0.5) is 0 Å². The monoisotopic (exact) mass is 530 g/mol. The van der Waals surface area contributed by atoms with Gasteiger partial charge in [-0.3, -0.25) is 13.9 Å². The van der Waals surface area contributed by atoms with Crippen LogP contribution in [-0.2, 0) is 26.7 Å². The molecule has 11 heteroatoms. The van der Waals surface area contributed by atoms with Crippen molar-refractivity contribution in [3.8, 4) is 34.3 Å². The van der Waals surface area contributed by atoms with Crippen molar-refractivity contribution in [1.82, 2.24) is 28.8 Å². The summed E-state index contributed by atoms with van der Waals surface area (Å²) in [6.45, 7) is 4.90. The Kier molecular flexibility index (Phi) is 7.31. The molecule has 202 valence electrons. The zero-order chi connectivity index (χ0) is 27.5. The second-order valence-electron chi connectivity index (χ2n) is 9.09. The van der Waals surface area contributed by atoms with Gasteiger partial charge < -0.3 is 18.6 Å². The number of fused-ring (bicyclic) bond motifs is 1. The van der Waals surface area contributed by atoms with Crippen LogP contribution in [0.3, 0.4) is 0 Å². The van der Waals surface area contributed by atoms with Crippen LogP contribution in [-0.4, -0.2) is 35.9 Å². The van der Waals surface area contributed by atoms with Gasteiger partial charge in [0.2, 0.25) is 5.82 Å². The molecule has 3 aromatic heterocycles. The molecule has 0 amide bonds. The summed E-state index contributed by atoms with van der Waals surface area (Å²) < 4.78 is 21.3. The largest absolute Gasteiger partial charge is 0.496 e.